The van der Waals surface area contributed by atoms with E-state index < -0.39 is 17.8 Å². The Morgan fingerprint density at radius 2 is 1.93 bits per heavy atom. The van der Waals surface area contributed by atoms with Crippen LogP contribution in [0, 0.1) is 13.8 Å². The van der Waals surface area contributed by atoms with Gasteiger partial charge >= 0.3 is 12.3 Å². The summed E-state index contributed by atoms with van der Waals surface area (Å²) in [7, 11) is 0. The monoisotopic (exact) mass is 382 g/mol. The first-order chi connectivity index (χ1) is 12.4. The molecule has 1 N–H and O–H groups in total. The SMILES string of the molecule is Cc1nn(C(C)(C)C)c(C)c1/C=N/OC(=O)Nc1cccc(C(F)(F)F)c1. The second kappa shape index (κ2) is 7.42. The van der Waals surface area contributed by atoms with E-state index in [-0.39, 0.29) is 11.2 Å². The largest absolute Gasteiger partial charge is 0.437 e. The summed E-state index contributed by atoms with van der Waals surface area (Å²) < 4.78 is 39.9. The Balaban J connectivity index is 2.06. The highest BCUT2D eigenvalue weighted by Gasteiger charge is 2.30. The van der Waals surface area contributed by atoms with Crippen molar-refractivity contribution in [3.63, 3.8) is 0 Å². The van der Waals surface area contributed by atoms with Crippen LogP contribution < -0.4 is 5.32 Å². The molecule has 0 aliphatic heterocycles. The van der Waals surface area contributed by atoms with Crippen molar-refractivity contribution in [2.75, 3.05) is 5.32 Å². The van der Waals surface area contributed by atoms with Crippen LogP contribution in [-0.4, -0.2) is 22.1 Å². The van der Waals surface area contributed by atoms with Gasteiger partial charge in [0, 0.05) is 16.9 Å². The molecule has 9 heteroatoms. The lowest BCUT2D eigenvalue weighted by molar-refractivity contribution is -0.137. The third kappa shape index (κ3) is 5.08. The lowest BCUT2D eigenvalue weighted by Crippen LogP contribution is -2.24. The zero-order chi connectivity index (χ0) is 20.4. The van der Waals surface area contributed by atoms with Gasteiger partial charge in [-0.05, 0) is 52.8 Å². The maximum Gasteiger partial charge on any atom is 0.437 e. The Morgan fingerprint density at radius 1 is 1.26 bits per heavy atom. The number of carbonyl (C=O) groups is 1. The molecule has 1 aromatic carbocycles. The molecule has 1 heterocycles. The summed E-state index contributed by atoms with van der Waals surface area (Å²) in [4.78, 5) is 16.4. The van der Waals surface area contributed by atoms with Crippen molar-refractivity contribution in [1.29, 1.82) is 0 Å². The Morgan fingerprint density at radius 3 is 2.48 bits per heavy atom. The molecule has 1 amide bonds. The standard InChI is InChI=1S/C18H21F3N4O2/c1-11-15(12(2)25(24-11)17(3,4)5)10-22-27-16(26)23-14-8-6-7-13(9-14)18(19,20)21/h6-10H,1-5H3,(H,23,26)/b22-10+. The number of anilines is 1. The van der Waals surface area contributed by atoms with Crippen molar-refractivity contribution in [2.45, 2.75) is 46.3 Å². The van der Waals surface area contributed by atoms with E-state index >= 15 is 0 Å². The van der Waals surface area contributed by atoms with Gasteiger partial charge in [0.2, 0.25) is 0 Å². The van der Waals surface area contributed by atoms with Crippen LogP contribution in [0.3, 0.4) is 0 Å². The molecule has 0 atom stereocenters. The van der Waals surface area contributed by atoms with Gasteiger partial charge in [-0.15, -0.1) is 0 Å². The first kappa shape index (κ1) is 20.5. The van der Waals surface area contributed by atoms with E-state index in [1.807, 2.05) is 32.4 Å². The summed E-state index contributed by atoms with van der Waals surface area (Å²) >= 11 is 0. The number of alkyl halides is 3. The molecule has 0 saturated heterocycles. The van der Waals surface area contributed by atoms with E-state index in [0.717, 1.165) is 17.8 Å². The Hall–Kier alpha value is -2.84. The van der Waals surface area contributed by atoms with Gasteiger partial charge in [-0.3, -0.25) is 14.8 Å². The fourth-order valence-corrected chi connectivity index (χ4v) is 2.54. The van der Waals surface area contributed by atoms with E-state index in [4.69, 9.17) is 0 Å². The van der Waals surface area contributed by atoms with Gasteiger partial charge in [0.1, 0.15) is 0 Å². The zero-order valence-corrected chi connectivity index (χ0v) is 15.7. The maximum absolute atomic E-state index is 12.7. The second-order valence-corrected chi connectivity index (χ2v) is 6.98. The molecule has 0 aliphatic carbocycles. The highest BCUT2D eigenvalue weighted by molar-refractivity contribution is 5.86. The molecule has 0 bridgehead atoms. The van der Waals surface area contributed by atoms with Crippen LogP contribution in [0.1, 0.15) is 43.3 Å². The number of halogens is 3. The van der Waals surface area contributed by atoms with Gasteiger partial charge in [-0.2, -0.15) is 18.3 Å². The Kier molecular flexibility index (Phi) is 5.62. The lowest BCUT2D eigenvalue weighted by Gasteiger charge is -2.21. The van der Waals surface area contributed by atoms with Crippen LogP contribution in [-0.2, 0) is 16.6 Å². The van der Waals surface area contributed by atoms with Crippen LogP contribution in [0.2, 0.25) is 0 Å². The molecule has 2 rings (SSSR count). The van der Waals surface area contributed by atoms with Crippen molar-refractivity contribution in [1.82, 2.24) is 9.78 Å². The Labute approximate surface area is 155 Å². The number of carbonyl (C=O) groups excluding carboxylic acids is 1. The van der Waals surface area contributed by atoms with Crippen LogP contribution in [0.25, 0.3) is 0 Å². The van der Waals surface area contributed by atoms with Crippen molar-refractivity contribution >= 4 is 18.0 Å². The number of amides is 1. The fraction of sp³-hybridized carbons (Fsp3) is 0.389. The number of benzene rings is 1. The summed E-state index contributed by atoms with van der Waals surface area (Å²) in [5, 5.41) is 10.3. The number of hydrogen-bond donors (Lipinski definition) is 1. The molecule has 146 valence electrons. The smallest absolute Gasteiger partial charge is 0.298 e. The first-order valence-electron chi connectivity index (χ1n) is 8.15. The molecule has 0 unspecified atom stereocenters. The van der Waals surface area contributed by atoms with Crippen LogP contribution >= 0.6 is 0 Å². The molecule has 0 radical (unpaired) electrons. The molecular weight excluding hydrogens is 361 g/mol. The van der Waals surface area contributed by atoms with Gasteiger partial charge in [0.25, 0.3) is 0 Å². The molecule has 27 heavy (non-hydrogen) atoms. The van der Waals surface area contributed by atoms with Crippen LogP contribution in [0.15, 0.2) is 29.4 Å². The van der Waals surface area contributed by atoms with E-state index in [1.54, 1.807) is 6.92 Å². The Bertz CT molecular complexity index is 864. The van der Waals surface area contributed by atoms with Gasteiger partial charge in [-0.1, -0.05) is 11.2 Å². The van der Waals surface area contributed by atoms with Crippen molar-refractivity contribution in [2.24, 2.45) is 5.16 Å². The number of nitrogens with zero attached hydrogens (tertiary/aromatic N) is 3. The van der Waals surface area contributed by atoms with E-state index in [2.05, 4.69) is 20.4 Å². The molecule has 1 aromatic heterocycles. The normalized spacial score (nSPS) is 12.4. The molecule has 0 saturated carbocycles. The van der Waals surface area contributed by atoms with Crippen molar-refractivity contribution < 1.29 is 22.8 Å². The predicted molar refractivity (Wildman–Crippen MR) is 95.8 cm³/mol. The zero-order valence-electron chi connectivity index (χ0n) is 15.7. The number of aryl methyl sites for hydroxylation is 1. The van der Waals surface area contributed by atoms with Crippen molar-refractivity contribution in [3.8, 4) is 0 Å². The molecule has 6 nitrogen and oxygen atoms in total. The summed E-state index contributed by atoms with van der Waals surface area (Å²) in [6.07, 6.45) is -4.14. The van der Waals surface area contributed by atoms with Crippen LogP contribution in [0.5, 0.6) is 0 Å². The average Bonchev–Trinajstić information content (AvgIpc) is 2.82. The van der Waals surface area contributed by atoms with E-state index in [9.17, 15) is 18.0 Å². The van der Waals surface area contributed by atoms with E-state index in [1.165, 1.54) is 18.3 Å². The fourth-order valence-electron chi connectivity index (χ4n) is 2.54. The summed E-state index contributed by atoms with van der Waals surface area (Å²) in [5.74, 6) is 0. The number of nitrogens with one attached hydrogen (secondary N) is 1. The number of oxime groups is 1. The van der Waals surface area contributed by atoms with Gasteiger partial charge < -0.3 is 0 Å². The minimum Gasteiger partial charge on any atom is -0.298 e. The number of rotatable bonds is 3. The molecule has 0 aliphatic rings. The topological polar surface area (TPSA) is 68.5 Å². The van der Waals surface area contributed by atoms with Crippen molar-refractivity contribution in [3.05, 3.63) is 46.8 Å². The summed E-state index contributed by atoms with van der Waals surface area (Å²) in [6.45, 7) is 9.69. The van der Waals surface area contributed by atoms with Gasteiger partial charge in [0.05, 0.1) is 23.0 Å². The molecule has 0 spiro atoms. The average molecular weight is 382 g/mol. The van der Waals surface area contributed by atoms with Gasteiger partial charge in [-0.25, -0.2) is 4.79 Å². The lowest BCUT2D eigenvalue weighted by atomic mass is 10.1. The van der Waals surface area contributed by atoms with Crippen LogP contribution in [0.4, 0.5) is 23.7 Å². The number of hydrogen-bond acceptors (Lipinski definition) is 4. The quantitative estimate of drug-likeness (QED) is 0.468. The highest BCUT2D eigenvalue weighted by atomic mass is 19.4. The van der Waals surface area contributed by atoms with E-state index in [0.29, 0.717) is 11.3 Å². The number of aromatic nitrogens is 2. The predicted octanol–water partition coefficient (Wildman–Crippen LogP) is 4.86. The summed E-state index contributed by atoms with van der Waals surface area (Å²) in [6, 6.07) is 4.23. The van der Waals surface area contributed by atoms with Gasteiger partial charge in [0.15, 0.2) is 0 Å². The minimum absolute atomic E-state index is 0.0436. The maximum atomic E-state index is 12.7. The molecule has 2 aromatic rings. The summed E-state index contributed by atoms with van der Waals surface area (Å²) in [5.41, 5.74) is 1.14. The first-order valence-corrected chi connectivity index (χ1v) is 8.15. The second-order valence-electron chi connectivity index (χ2n) is 6.98. The minimum atomic E-state index is -4.50. The third-order valence-electron chi connectivity index (χ3n) is 3.74. The highest BCUT2D eigenvalue weighted by Crippen LogP contribution is 2.30. The molecule has 0 fully saturated rings. The molecular formula is C18H21F3N4O2. The third-order valence-corrected chi connectivity index (χ3v) is 3.74.